The lowest BCUT2D eigenvalue weighted by Crippen LogP contribution is -2.36. The van der Waals surface area contributed by atoms with Crippen molar-refractivity contribution in [1.29, 1.82) is 0 Å². The van der Waals surface area contributed by atoms with Crippen molar-refractivity contribution >= 4 is 17.4 Å². The van der Waals surface area contributed by atoms with Crippen molar-refractivity contribution in [3.63, 3.8) is 0 Å². The predicted octanol–water partition coefficient (Wildman–Crippen LogP) is 1.91. The largest absolute Gasteiger partial charge is 0.492 e. The van der Waals surface area contributed by atoms with Crippen LogP contribution in [0.5, 0.6) is 5.75 Å². The van der Waals surface area contributed by atoms with Crippen LogP contribution in [0.1, 0.15) is 10.4 Å². The van der Waals surface area contributed by atoms with Crippen LogP contribution in [0, 0.1) is 0 Å². The highest BCUT2D eigenvalue weighted by atomic mass is 16.5. The van der Waals surface area contributed by atoms with Gasteiger partial charge in [-0.1, -0.05) is 0 Å². The Balaban J connectivity index is 1.51. The Morgan fingerprint density at radius 1 is 1.23 bits per heavy atom. The van der Waals surface area contributed by atoms with Crippen molar-refractivity contribution in [3.05, 3.63) is 54.4 Å². The van der Waals surface area contributed by atoms with Gasteiger partial charge in [-0.25, -0.2) is 4.98 Å². The first kappa shape index (κ1) is 20.8. The molecule has 0 radical (unpaired) electrons. The number of morpholine rings is 1. The third kappa shape index (κ3) is 4.84. The van der Waals surface area contributed by atoms with Gasteiger partial charge in [-0.3, -0.25) is 9.48 Å². The standard InChI is InChI=1S/C22H26N6O3/c1-27-19(6-8-25-27)18-14-17(3-4-20(18)31-11-7-23)26-22(29)16-2-5-21(24-15-16)28-9-12-30-13-10-28/h2-6,8,14-15H,7,9-13,23H2,1H3,(H,26,29). The Hall–Kier alpha value is -3.43. The number of pyridine rings is 1. The molecule has 0 saturated carbocycles. The number of carbonyl (C=O) groups excluding carboxylic acids is 1. The number of carbonyl (C=O) groups is 1. The fraction of sp³-hybridized carbons (Fsp3) is 0.318. The van der Waals surface area contributed by atoms with E-state index in [9.17, 15) is 4.79 Å². The van der Waals surface area contributed by atoms with Crippen LogP contribution in [0.25, 0.3) is 11.3 Å². The van der Waals surface area contributed by atoms with Gasteiger partial charge in [-0.2, -0.15) is 5.10 Å². The summed E-state index contributed by atoms with van der Waals surface area (Å²) in [5.41, 5.74) is 8.42. The Kier molecular flexibility index (Phi) is 6.44. The molecule has 162 valence electrons. The van der Waals surface area contributed by atoms with Crippen LogP contribution in [-0.2, 0) is 11.8 Å². The quantitative estimate of drug-likeness (QED) is 0.599. The van der Waals surface area contributed by atoms with Crippen molar-refractivity contribution in [2.24, 2.45) is 12.8 Å². The Bertz CT molecular complexity index is 1030. The van der Waals surface area contributed by atoms with Crippen molar-refractivity contribution in [2.45, 2.75) is 0 Å². The normalized spacial score (nSPS) is 13.8. The lowest BCUT2D eigenvalue weighted by atomic mass is 10.1. The topological polar surface area (TPSA) is 108 Å². The molecule has 1 aliphatic heterocycles. The maximum absolute atomic E-state index is 12.8. The van der Waals surface area contributed by atoms with Crippen molar-refractivity contribution in [3.8, 4) is 17.0 Å². The van der Waals surface area contributed by atoms with Crippen LogP contribution in [0.4, 0.5) is 11.5 Å². The fourth-order valence-electron chi connectivity index (χ4n) is 3.44. The van der Waals surface area contributed by atoms with E-state index < -0.39 is 0 Å². The highest BCUT2D eigenvalue weighted by Crippen LogP contribution is 2.32. The number of benzene rings is 1. The zero-order valence-corrected chi connectivity index (χ0v) is 17.5. The molecule has 0 spiro atoms. The summed E-state index contributed by atoms with van der Waals surface area (Å²) in [6.45, 7) is 3.79. The summed E-state index contributed by atoms with van der Waals surface area (Å²) < 4.78 is 12.9. The molecule has 1 amide bonds. The minimum Gasteiger partial charge on any atom is -0.492 e. The molecule has 1 aliphatic rings. The first-order chi connectivity index (χ1) is 15.2. The minimum atomic E-state index is -0.229. The number of rotatable bonds is 7. The minimum absolute atomic E-state index is 0.229. The number of aromatic nitrogens is 3. The molecule has 9 heteroatoms. The number of anilines is 2. The number of hydrogen-bond donors (Lipinski definition) is 2. The second kappa shape index (κ2) is 9.59. The molecule has 31 heavy (non-hydrogen) atoms. The first-order valence-corrected chi connectivity index (χ1v) is 10.2. The van der Waals surface area contributed by atoms with Crippen LogP contribution in [-0.4, -0.2) is 60.1 Å². The van der Waals surface area contributed by atoms with Crippen molar-refractivity contribution in [1.82, 2.24) is 14.8 Å². The van der Waals surface area contributed by atoms with Gasteiger partial charge in [0, 0.05) is 50.3 Å². The monoisotopic (exact) mass is 422 g/mol. The summed E-state index contributed by atoms with van der Waals surface area (Å²) in [6.07, 6.45) is 3.32. The molecule has 0 bridgehead atoms. The summed E-state index contributed by atoms with van der Waals surface area (Å²) in [5, 5.41) is 7.17. The Labute approximate surface area is 180 Å². The smallest absolute Gasteiger partial charge is 0.257 e. The summed E-state index contributed by atoms with van der Waals surface area (Å²) in [4.78, 5) is 19.4. The highest BCUT2D eigenvalue weighted by Gasteiger charge is 2.15. The summed E-state index contributed by atoms with van der Waals surface area (Å²) in [7, 11) is 1.86. The molecule has 1 fully saturated rings. The van der Waals surface area contributed by atoms with Gasteiger partial charge < -0.3 is 25.4 Å². The molecule has 0 unspecified atom stereocenters. The average molecular weight is 422 g/mol. The van der Waals surface area contributed by atoms with Gasteiger partial charge in [0.15, 0.2) is 0 Å². The number of nitrogens with zero attached hydrogens (tertiary/aromatic N) is 4. The van der Waals surface area contributed by atoms with Gasteiger partial charge in [0.05, 0.1) is 24.5 Å². The number of ether oxygens (including phenoxy) is 2. The van der Waals surface area contributed by atoms with E-state index in [1.54, 1.807) is 29.2 Å². The van der Waals surface area contributed by atoms with E-state index in [-0.39, 0.29) is 5.91 Å². The molecule has 3 heterocycles. The zero-order chi connectivity index (χ0) is 21.6. The van der Waals surface area contributed by atoms with E-state index in [1.165, 1.54) is 0 Å². The van der Waals surface area contributed by atoms with E-state index in [0.29, 0.717) is 43.4 Å². The highest BCUT2D eigenvalue weighted by molar-refractivity contribution is 6.04. The fourth-order valence-corrected chi connectivity index (χ4v) is 3.44. The second-order valence-corrected chi connectivity index (χ2v) is 7.15. The SMILES string of the molecule is Cn1nccc1-c1cc(NC(=O)c2ccc(N3CCOCC3)nc2)ccc1OCCN. The number of aryl methyl sites for hydroxylation is 1. The maximum Gasteiger partial charge on any atom is 0.257 e. The number of nitrogens with one attached hydrogen (secondary N) is 1. The van der Waals surface area contributed by atoms with Gasteiger partial charge in [0.25, 0.3) is 5.91 Å². The maximum atomic E-state index is 12.8. The Morgan fingerprint density at radius 3 is 2.74 bits per heavy atom. The van der Waals surface area contributed by atoms with E-state index >= 15 is 0 Å². The van der Waals surface area contributed by atoms with Crippen LogP contribution >= 0.6 is 0 Å². The van der Waals surface area contributed by atoms with Crippen LogP contribution in [0.2, 0.25) is 0 Å². The van der Waals surface area contributed by atoms with E-state index in [2.05, 4.69) is 20.3 Å². The zero-order valence-electron chi connectivity index (χ0n) is 17.5. The van der Waals surface area contributed by atoms with Gasteiger partial charge in [-0.05, 0) is 36.4 Å². The lowest BCUT2D eigenvalue weighted by molar-refractivity contribution is 0.102. The summed E-state index contributed by atoms with van der Waals surface area (Å²) >= 11 is 0. The van der Waals surface area contributed by atoms with Gasteiger partial charge >= 0.3 is 0 Å². The first-order valence-electron chi connectivity index (χ1n) is 10.2. The van der Waals surface area contributed by atoms with Crippen LogP contribution in [0.15, 0.2) is 48.8 Å². The molecule has 1 aromatic carbocycles. The molecule has 3 N–H and O–H groups in total. The van der Waals surface area contributed by atoms with Gasteiger partial charge in [-0.15, -0.1) is 0 Å². The second-order valence-electron chi connectivity index (χ2n) is 7.15. The van der Waals surface area contributed by atoms with E-state index in [0.717, 1.165) is 30.2 Å². The summed E-state index contributed by atoms with van der Waals surface area (Å²) in [6, 6.07) is 11.0. The molecule has 3 aromatic rings. The molecular formula is C22H26N6O3. The molecule has 4 rings (SSSR count). The van der Waals surface area contributed by atoms with Crippen molar-refractivity contribution < 1.29 is 14.3 Å². The molecule has 0 aliphatic carbocycles. The molecule has 1 saturated heterocycles. The molecule has 9 nitrogen and oxygen atoms in total. The lowest BCUT2D eigenvalue weighted by Gasteiger charge is -2.27. The number of amides is 1. The van der Waals surface area contributed by atoms with Gasteiger partial charge in [0.2, 0.25) is 0 Å². The van der Waals surface area contributed by atoms with Crippen LogP contribution < -0.4 is 20.7 Å². The van der Waals surface area contributed by atoms with Crippen molar-refractivity contribution in [2.75, 3.05) is 49.7 Å². The third-order valence-corrected chi connectivity index (χ3v) is 5.05. The number of nitrogens with two attached hydrogens (primary N) is 1. The van der Waals surface area contributed by atoms with Gasteiger partial charge in [0.1, 0.15) is 18.2 Å². The molecule has 0 atom stereocenters. The Morgan fingerprint density at radius 2 is 2.06 bits per heavy atom. The molecule has 2 aromatic heterocycles. The third-order valence-electron chi connectivity index (χ3n) is 5.05. The van der Waals surface area contributed by atoms with E-state index in [4.69, 9.17) is 15.2 Å². The van der Waals surface area contributed by atoms with Crippen LogP contribution in [0.3, 0.4) is 0 Å². The number of hydrogen-bond acceptors (Lipinski definition) is 7. The summed E-state index contributed by atoms with van der Waals surface area (Å²) in [5.74, 6) is 1.30. The average Bonchev–Trinajstić information content (AvgIpc) is 3.24. The molecular weight excluding hydrogens is 396 g/mol. The predicted molar refractivity (Wildman–Crippen MR) is 118 cm³/mol. The van der Waals surface area contributed by atoms with E-state index in [1.807, 2.05) is 31.3 Å².